The predicted molar refractivity (Wildman–Crippen MR) is 54.1 cm³/mol. The van der Waals surface area contributed by atoms with Gasteiger partial charge in [-0.05, 0) is 6.07 Å². The van der Waals surface area contributed by atoms with Crippen LogP contribution in [0.3, 0.4) is 0 Å². The Hall–Kier alpha value is -2.32. The van der Waals surface area contributed by atoms with Crippen LogP contribution in [0.15, 0.2) is 18.2 Å². The quantitative estimate of drug-likeness (QED) is 0.671. The number of nitrogens with one attached hydrogen (secondary N) is 1. The lowest BCUT2D eigenvalue weighted by molar-refractivity contribution is -0.388. The summed E-state index contributed by atoms with van der Waals surface area (Å²) in [5, 5.41) is 12.7. The second-order valence-electron chi connectivity index (χ2n) is 3.17. The van der Waals surface area contributed by atoms with Gasteiger partial charge in [-0.25, -0.2) is 0 Å². The first kappa shape index (κ1) is 13.7. The van der Waals surface area contributed by atoms with E-state index >= 15 is 0 Å². The molecule has 9 heteroatoms. The molecule has 0 atom stereocenters. The van der Waals surface area contributed by atoms with Gasteiger partial charge < -0.3 is 10.1 Å². The van der Waals surface area contributed by atoms with Crippen molar-refractivity contribution in [3.8, 4) is 5.75 Å². The molecule has 0 spiro atoms. The first-order valence-corrected chi connectivity index (χ1v) is 4.51. The van der Waals surface area contributed by atoms with Crippen LogP contribution < -0.4 is 10.1 Å². The van der Waals surface area contributed by atoms with E-state index in [9.17, 15) is 28.1 Å². The number of carbonyl (C=O) groups excluding carboxylic acids is 1. The van der Waals surface area contributed by atoms with Gasteiger partial charge in [0, 0.05) is 24.7 Å². The van der Waals surface area contributed by atoms with Gasteiger partial charge in [0.05, 0.1) is 4.92 Å². The van der Waals surface area contributed by atoms with E-state index < -0.39 is 28.6 Å². The Bertz CT molecular complexity index is 487. The normalized spacial score (nSPS) is 10.9. The minimum Gasteiger partial charge on any atom is -0.398 e. The van der Waals surface area contributed by atoms with Crippen molar-refractivity contribution in [3.05, 3.63) is 28.3 Å². The molecular weight excluding hydrogens is 257 g/mol. The van der Waals surface area contributed by atoms with Crippen molar-refractivity contribution in [1.29, 1.82) is 0 Å². The Morgan fingerprint density at radius 3 is 2.50 bits per heavy atom. The zero-order valence-corrected chi connectivity index (χ0v) is 8.95. The van der Waals surface area contributed by atoms with Crippen molar-refractivity contribution < 1.29 is 27.6 Å². The maximum Gasteiger partial charge on any atom is 0.573 e. The third-order valence-electron chi connectivity index (χ3n) is 1.70. The number of nitro benzene ring substituents is 1. The Labute approximate surface area is 98.5 Å². The highest BCUT2D eigenvalue weighted by molar-refractivity contribution is 5.89. The summed E-state index contributed by atoms with van der Waals surface area (Å²) in [7, 11) is 0. The zero-order chi connectivity index (χ0) is 13.9. The third kappa shape index (κ3) is 3.92. The van der Waals surface area contributed by atoms with Crippen LogP contribution in [0.25, 0.3) is 0 Å². The van der Waals surface area contributed by atoms with Crippen LogP contribution in [0.5, 0.6) is 5.75 Å². The van der Waals surface area contributed by atoms with Gasteiger partial charge in [-0.1, -0.05) is 0 Å². The second kappa shape index (κ2) is 4.90. The van der Waals surface area contributed by atoms with Crippen LogP contribution in [0.2, 0.25) is 0 Å². The molecule has 1 amide bonds. The van der Waals surface area contributed by atoms with Gasteiger partial charge in [0.1, 0.15) is 0 Å². The number of rotatable bonds is 3. The zero-order valence-electron chi connectivity index (χ0n) is 8.95. The van der Waals surface area contributed by atoms with Crippen molar-refractivity contribution in [2.45, 2.75) is 13.3 Å². The standard InChI is InChI=1S/C9H7F3N2O4/c1-5(15)13-6-2-3-7(14(16)17)8(4-6)18-9(10,11)12/h2-4H,1H3,(H,13,15). The smallest absolute Gasteiger partial charge is 0.398 e. The minimum atomic E-state index is -5.06. The molecule has 0 fully saturated rings. The van der Waals surface area contributed by atoms with Crippen molar-refractivity contribution in [1.82, 2.24) is 0 Å². The van der Waals surface area contributed by atoms with Gasteiger partial charge in [0.2, 0.25) is 11.7 Å². The fraction of sp³-hybridized carbons (Fsp3) is 0.222. The molecule has 0 unspecified atom stereocenters. The first-order chi connectivity index (χ1) is 8.19. The fourth-order valence-corrected chi connectivity index (χ4v) is 1.15. The molecule has 0 aliphatic rings. The Morgan fingerprint density at radius 1 is 1.44 bits per heavy atom. The van der Waals surface area contributed by atoms with Gasteiger partial charge in [0.25, 0.3) is 0 Å². The maximum atomic E-state index is 12.0. The molecule has 0 heterocycles. The second-order valence-corrected chi connectivity index (χ2v) is 3.17. The monoisotopic (exact) mass is 264 g/mol. The van der Waals surface area contributed by atoms with Crippen molar-refractivity contribution in [2.75, 3.05) is 5.32 Å². The molecule has 18 heavy (non-hydrogen) atoms. The van der Waals surface area contributed by atoms with Gasteiger partial charge in [-0.2, -0.15) is 0 Å². The SMILES string of the molecule is CC(=O)Nc1ccc([N+](=O)[O-])c(OC(F)(F)F)c1. The minimum absolute atomic E-state index is 0.0349. The topological polar surface area (TPSA) is 81.5 Å². The number of nitrogens with zero attached hydrogens (tertiary/aromatic N) is 1. The molecule has 98 valence electrons. The molecule has 0 bridgehead atoms. The molecule has 0 saturated carbocycles. The lowest BCUT2D eigenvalue weighted by Crippen LogP contribution is -2.18. The highest BCUT2D eigenvalue weighted by atomic mass is 19.4. The lowest BCUT2D eigenvalue weighted by Gasteiger charge is -2.10. The third-order valence-corrected chi connectivity index (χ3v) is 1.70. The summed E-state index contributed by atoms with van der Waals surface area (Å²) in [6.07, 6.45) is -5.06. The highest BCUT2D eigenvalue weighted by Gasteiger charge is 2.34. The molecule has 1 aromatic carbocycles. The summed E-state index contributed by atoms with van der Waals surface area (Å²) in [5.74, 6) is -1.51. The largest absolute Gasteiger partial charge is 0.573 e. The lowest BCUT2D eigenvalue weighted by atomic mass is 10.2. The van der Waals surface area contributed by atoms with E-state index in [4.69, 9.17) is 0 Å². The summed E-state index contributed by atoms with van der Waals surface area (Å²) in [6, 6.07) is 2.64. The Kier molecular flexibility index (Phi) is 3.74. The average molecular weight is 264 g/mol. The van der Waals surface area contributed by atoms with Gasteiger partial charge in [-0.3, -0.25) is 14.9 Å². The van der Waals surface area contributed by atoms with Crippen LogP contribution in [0, 0.1) is 10.1 Å². The predicted octanol–water partition coefficient (Wildman–Crippen LogP) is 2.45. The van der Waals surface area contributed by atoms with E-state index in [-0.39, 0.29) is 5.69 Å². The van der Waals surface area contributed by atoms with Crippen LogP contribution in [0.1, 0.15) is 6.92 Å². The van der Waals surface area contributed by atoms with Crippen molar-refractivity contribution in [3.63, 3.8) is 0 Å². The molecule has 0 aromatic heterocycles. The summed E-state index contributed by atoms with van der Waals surface area (Å²) >= 11 is 0. The van der Waals surface area contributed by atoms with E-state index in [1.807, 2.05) is 0 Å². The van der Waals surface area contributed by atoms with Crippen LogP contribution in [-0.2, 0) is 4.79 Å². The molecule has 6 nitrogen and oxygen atoms in total. The molecule has 0 aliphatic heterocycles. The summed E-state index contributed by atoms with van der Waals surface area (Å²) in [4.78, 5) is 20.2. The summed E-state index contributed by atoms with van der Waals surface area (Å²) in [6.45, 7) is 1.14. The number of amides is 1. The summed E-state index contributed by atoms with van der Waals surface area (Å²) < 4.78 is 39.7. The molecule has 1 aromatic rings. The maximum absolute atomic E-state index is 12.0. The van der Waals surface area contributed by atoms with Gasteiger partial charge in [0.15, 0.2) is 0 Å². The number of anilines is 1. The van der Waals surface area contributed by atoms with Crippen molar-refractivity contribution >= 4 is 17.3 Å². The number of halogens is 3. The number of benzene rings is 1. The van der Waals surface area contributed by atoms with E-state index in [1.54, 1.807) is 0 Å². The molecule has 1 N–H and O–H groups in total. The molecular formula is C9H7F3N2O4. The molecule has 0 saturated heterocycles. The van der Waals surface area contributed by atoms with E-state index in [0.29, 0.717) is 0 Å². The first-order valence-electron chi connectivity index (χ1n) is 4.51. The van der Waals surface area contributed by atoms with Crippen molar-refractivity contribution in [2.24, 2.45) is 0 Å². The van der Waals surface area contributed by atoms with Crippen LogP contribution in [0.4, 0.5) is 24.5 Å². The summed E-state index contributed by atoms with van der Waals surface area (Å²) in [5.41, 5.74) is -0.881. The number of hydrogen-bond acceptors (Lipinski definition) is 4. The van der Waals surface area contributed by atoms with E-state index in [2.05, 4.69) is 10.1 Å². The number of ether oxygens (including phenoxy) is 1. The molecule has 1 rings (SSSR count). The van der Waals surface area contributed by atoms with Gasteiger partial charge in [-0.15, -0.1) is 13.2 Å². The fourth-order valence-electron chi connectivity index (χ4n) is 1.15. The van der Waals surface area contributed by atoms with E-state index in [0.717, 1.165) is 25.1 Å². The highest BCUT2D eigenvalue weighted by Crippen LogP contribution is 2.34. The molecule has 0 aliphatic carbocycles. The Balaban J connectivity index is 3.15. The number of hydrogen-bond donors (Lipinski definition) is 1. The van der Waals surface area contributed by atoms with Gasteiger partial charge >= 0.3 is 12.0 Å². The average Bonchev–Trinajstić information content (AvgIpc) is 2.13. The number of carbonyl (C=O) groups is 1. The number of nitro groups is 1. The van der Waals surface area contributed by atoms with E-state index in [1.165, 1.54) is 0 Å². The van der Waals surface area contributed by atoms with Crippen LogP contribution >= 0.6 is 0 Å². The Morgan fingerprint density at radius 2 is 2.06 bits per heavy atom. The molecule has 0 radical (unpaired) electrons. The van der Waals surface area contributed by atoms with Crippen LogP contribution in [-0.4, -0.2) is 17.2 Å². The number of alkyl halides is 3.